The maximum Gasteiger partial charge on any atom is 0.222 e. The molecule has 0 bridgehead atoms. The number of furan rings is 1. The van der Waals surface area contributed by atoms with E-state index in [-0.39, 0.29) is 18.0 Å². The Morgan fingerprint density at radius 3 is 2.95 bits per heavy atom. The zero-order chi connectivity index (χ0) is 13.8. The van der Waals surface area contributed by atoms with Gasteiger partial charge in [-0.05, 0) is 26.8 Å². The molecule has 2 rings (SSSR count). The summed E-state index contributed by atoms with van der Waals surface area (Å²) >= 11 is 0. The van der Waals surface area contributed by atoms with Crippen LogP contribution in [0.1, 0.15) is 36.5 Å². The lowest BCUT2D eigenvalue weighted by atomic mass is 10.1. The number of hydrogen-bond acceptors (Lipinski definition) is 4. The highest BCUT2D eigenvalue weighted by molar-refractivity contribution is 5.77. The minimum atomic E-state index is -0.0329. The molecule has 0 saturated carbocycles. The van der Waals surface area contributed by atoms with Crippen molar-refractivity contribution in [3.63, 3.8) is 0 Å². The molecule has 2 heterocycles. The summed E-state index contributed by atoms with van der Waals surface area (Å²) in [5, 5.41) is 6.28. The average Bonchev–Trinajstić information content (AvgIpc) is 2.69. The van der Waals surface area contributed by atoms with E-state index in [1.165, 1.54) is 0 Å². The smallest absolute Gasteiger partial charge is 0.222 e. The highest BCUT2D eigenvalue weighted by atomic mass is 16.5. The maximum absolute atomic E-state index is 12.0. The van der Waals surface area contributed by atoms with Crippen molar-refractivity contribution >= 4 is 5.91 Å². The molecule has 0 spiro atoms. The molecule has 2 unspecified atom stereocenters. The lowest BCUT2D eigenvalue weighted by molar-refractivity contribution is -0.122. The highest BCUT2D eigenvalue weighted by Gasteiger charge is 2.19. The number of carbonyl (C=O) groups excluding carboxylic acids is 1. The predicted molar refractivity (Wildman–Crippen MR) is 72.0 cm³/mol. The Morgan fingerprint density at radius 1 is 1.58 bits per heavy atom. The van der Waals surface area contributed by atoms with E-state index in [1.54, 1.807) is 0 Å². The van der Waals surface area contributed by atoms with Crippen LogP contribution >= 0.6 is 0 Å². The standard InChI is InChI=1S/C14H22N2O3/c1-9-6-13(11(3)19-9)10(2)16-14(17)7-12-8-18-5-4-15-12/h6,10,12,15H,4-5,7-8H2,1-3H3,(H,16,17). The minimum absolute atomic E-state index is 0.0329. The molecule has 2 N–H and O–H groups in total. The van der Waals surface area contributed by atoms with Gasteiger partial charge in [0.05, 0.1) is 19.3 Å². The van der Waals surface area contributed by atoms with Crippen molar-refractivity contribution in [3.05, 3.63) is 23.2 Å². The van der Waals surface area contributed by atoms with Crippen molar-refractivity contribution in [2.24, 2.45) is 0 Å². The van der Waals surface area contributed by atoms with Crippen LogP contribution in [0.3, 0.4) is 0 Å². The Hall–Kier alpha value is -1.33. The van der Waals surface area contributed by atoms with Crippen molar-refractivity contribution in [2.75, 3.05) is 19.8 Å². The summed E-state index contributed by atoms with van der Waals surface area (Å²) in [5.41, 5.74) is 1.04. The van der Waals surface area contributed by atoms with E-state index in [0.717, 1.165) is 30.2 Å². The molecule has 1 aliphatic heterocycles. The molecule has 5 heteroatoms. The van der Waals surface area contributed by atoms with E-state index in [1.807, 2.05) is 26.8 Å². The monoisotopic (exact) mass is 266 g/mol. The molecule has 1 amide bonds. The normalized spacial score (nSPS) is 21.1. The van der Waals surface area contributed by atoms with Crippen LogP contribution in [0.2, 0.25) is 0 Å². The molecule has 0 radical (unpaired) electrons. The third kappa shape index (κ3) is 3.81. The quantitative estimate of drug-likeness (QED) is 0.866. The van der Waals surface area contributed by atoms with Crippen molar-refractivity contribution in [1.29, 1.82) is 0 Å². The second-order valence-corrected chi connectivity index (χ2v) is 5.09. The SMILES string of the molecule is Cc1cc(C(C)NC(=O)CC2COCCN2)c(C)o1. The van der Waals surface area contributed by atoms with Gasteiger partial charge in [-0.3, -0.25) is 4.79 Å². The molecule has 1 aliphatic rings. The molecule has 0 aromatic carbocycles. The van der Waals surface area contributed by atoms with Gasteiger partial charge in [0.2, 0.25) is 5.91 Å². The van der Waals surface area contributed by atoms with E-state index in [4.69, 9.17) is 9.15 Å². The summed E-state index contributed by atoms with van der Waals surface area (Å²) in [7, 11) is 0. The molecular weight excluding hydrogens is 244 g/mol. The van der Waals surface area contributed by atoms with Gasteiger partial charge in [-0.1, -0.05) is 0 Å². The number of morpholine rings is 1. The summed E-state index contributed by atoms with van der Waals surface area (Å²) in [5.74, 6) is 1.77. The Balaban J connectivity index is 1.86. The first-order valence-electron chi connectivity index (χ1n) is 6.73. The maximum atomic E-state index is 12.0. The van der Waals surface area contributed by atoms with Gasteiger partial charge in [-0.25, -0.2) is 0 Å². The molecular formula is C14H22N2O3. The molecule has 2 atom stereocenters. The zero-order valence-corrected chi connectivity index (χ0v) is 11.8. The van der Waals surface area contributed by atoms with Crippen LogP contribution in [0.15, 0.2) is 10.5 Å². The van der Waals surface area contributed by atoms with E-state index in [9.17, 15) is 4.79 Å². The first-order chi connectivity index (χ1) is 9.06. The number of amides is 1. The number of aryl methyl sites for hydroxylation is 2. The third-order valence-electron chi connectivity index (χ3n) is 3.35. The Morgan fingerprint density at radius 2 is 2.37 bits per heavy atom. The molecule has 1 saturated heterocycles. The summed E-state index contributed by atoms with van der Waals surface area (Å²) in [4.78, 5) is 12.0. The predicted octanol–water partition coefficient (Wildman–Crippen LogP) is 1.45. The summed E-state index contributed by atoms with van der Waals surface area (Å²) in [6.07, 6.45) is 0.445. The van der Waals surface area contributed by atoms with Gasteiger partial charge in [0, 0.05) is 24.6 Å². The van der Waals surface area contributed by atoms with Gasteiger partial charge < -0.3 is 19.8 Å². The lowest BCUT2D eigenvalue weighted by Gasteiger charge is -2.24. The van der Waals surface area contributed by atoms with Crippen LogP contribution in [0.25, 0.3) is 0 Å². The van der Waals surface area contributed by atoms with E-state index >= 15 is 0 Å². The van der Waals surface area contributed by atoms with Crippen LogP contribution in [0, 0.1) is 13.8 Å². The molecule has 1 aromatic rings. The molecule has 1 fully saturated rings. The van der Waals surface area contributed by atoms with Gasteiger partial charge in [-0.15, -0.1) is 0 Å². The summed E-state index contributed by atoms with van der Waals surface area (Å²) in [6, 6.07) is 2.06. The highest BCUT2D eigenvalue weighted by Crippen LogP contribution is 2.21. The Bertz CT molecular complexity index is 436. The Kier molecular flexibility index (Phi) is 4.61. The lowest BCUT2D eigenvalue weighted by Crippen LogP contribution is -2.44. The average molecular weight is 266 g/mol. The number of nitrogens with one attached hydrogen (secondary N) is 2. The van der Waals surface area contributed by atoms with Crippen LogP contribution in [-0.4, -0.2) is 31.7 Å². The first-order valence-corrected chi connectivity index (χ1v) is 6.73. The number of hydrogen-bond donors (Lipinski definition) is 2. The third-order valence-corrected chi connectivity index (χ3v) is 3.35. The fraction of sp³-hybridized carbons (Fsp3) is 0.643. The van der Waals surface area contributed by atoms with Gasteiger partial charge >= 0.3 is 0 Å². The van der Waals surface area contributed by atoms with Crippen LogP contribution in [0.5, 0.6) is 0 Å². The summed E-state index contributed by atoms with van der Waals surface area (Å²) in [6.45, 7) is 7.94. The molecule has 106 valence electrons. The molecule has 1 aromatic heterocycles. The van der Waals surface area contributed by atoms with Gasteiger partial charge in [0.15, 0.2) is 0 Å². The van der Waals surface area contributed by atoms with Gasteiger partial charge in [0.1, 0.15) is 11.5 Å². The zero-order valence-electron chi connectivity index (χ0n) is 11.8. The Labute approximate surface area is 113 Å². The van der Waals surface area contributed by atoms with E-state index in [2.05, 4.69) is 10.6 Å². The van der Waals surface area contributed by atoms with Crippen molar-refractivity contribution in [2.45, 2.75) is 39.3 Å². The molecule has 0 aliphatic carbocycles. The number of carbonyl (C=O) groups is 1. The van der Waals surface area contributed by atoms with E-state index < -0.39 is 0 Å². The second kappa shape index (κ2) is 6.21. The van der Waals surface area contributed by atoms with Crippen molar-refractivity contribution < 1.29 is 13.9 Å². The van der Waals surface area contributed by atoms with Crippen LogP contribution in [0.4, 0.5) is 0 Å². The van der Waals surface area contributed by atoms with Crippen LogP contribution in [-0.2, 0) is 9.53 Å². The fourth-order valence-corrected chi connectivity index (χ4v) is 2.43. The van der Waals surface area contributed by atoms with Gasteiger partial charge in [0.25, 0.3) is 0 Å². The van der Waals surface area contributed by atoms with Gasteiger partial charge in [-0.2, -0.15) is 0 Å². The van der Waals surface area contributed by atoms with Crippen molar-refractivity contribution in [3.8, 4) is 0 Å². The van der Waals surface area contributed by atoms with Crippen LogP contribution < -0.4 is 10.6 Å². The van der Waals surface area contributed by atoms with Crippen molar-refractivity contribution in [1.82, 2.24) is 10.6 Å². The summed E-state index contributed by atoms with van der Waals surface area (Å²) < 4.78 is 10.8. The molecule has 5 nitrogen and oxygen atoms in total. The topological polar surface area (TPSA) is 63.5 Å². The first kappa shape index (κ1) is 14.1. The molecule has 19 heavy (non-hydrogen) atoms. The fourth-order valence-electron chi connectivity index (χ4n) is 2.43. The number of rotatable bonds is 4. The second-order valence-electron chi connectivity index (χ2n) is 5.09. The minimum Gasteiger partial charge on any atom is -0.466 e. The number of ether oxygens (including phenoxy) is 1. The van der Waals surface area contributed by atoms with E-state index in [0.29, 0.717) is 13.0 Å². The largest absolute Gasteiger partial charge is 0.466 e.